The van der Waals surface area contributed by atoms with Crippen LogP contribution in [0.4, 0.5) is 5.69 Å². The summed E-state index contributed by atoms with van der Waals surface area (Å²) in [5.74, 6) is 0. The Morgan fingerprint density at radius 2 is 2.07 bits per heavy atom. The molecule has 0 amide bonds. The van der Waals surface area contributed by atoms with Crippen molar-refractivity contribution in [1.82, 2.24) is 0 Å². The van der Waals surface area contributed by atoms with Gasteiger partial charge in [0.2, 0.25) is 0 Å². The minimum Gasteiger partial charge on any atom is -0.258 e. The SMILES string of the molecule is Cc1csc(-c2ccccc2[N+](=O)[O-])c1. The van der Waals surface area contributed by atoms with Crippen molar-refractivity contribution in [2.75, 3.05) is 0 Å². The molecule has 15 heavy (non-hydrogen) atoms. The van der Waals surface area contributed by atoms with Gasteiger partial charge in [-0.25, -0.2) is 0 Å². The number of hydrogen-bond acceptors (Lipinski definition) is 3. The number of benzene rings is 1. The lowest BCUT2D eigenvalue weighted by Gasteiger charge is -1.98. The largest absolute Gasteiger partial charge is 0.278 e. The number of nitrogens with zero attached hydrogens (tertiary/aromatic N) is 1. The molecule has 76 valence electrons. The highest BCUT2D eigenvalue weighted by atomic mass is 32.1. The van der Waals surface area contributed by atoms with E-state index in [0.29, 0.717) is 5.56 Å². The van der Waals surface area contributed by atoms with Crippen molar-refractivity contribution in [2.24, 2.45) is 0 Å². The molecule has 1 heterocycles. The van der Waals surface area contributed by atoms with E-state index < -0.39 is 0 Å². The molecule has 0 unspecified atom stereocenters. The van der Waals surface area contributed by atoms with E-state index >= 15 is 0 Å². The fourth-order valence-corrected chi connectivity index (χ4v) is 2.35. The van der Waals surface area contributed by atoms with Crippen LogP contribution in [0.25, 0.3) is 10.4 Å². The zero-order valence-corrected chi connectivity index (χ0v) is 8.95. The molecule has 0 N–H and O–H groups in total. The Balaban J connectivity index is 2.57. The van der Waals surface area contributed by atoms with Crippen LogP contribution in [-0.2, 0) is 0 Å². The summed E-state index contributed by atoms with van der Waals surface area (Å²) in [5, 5.41) is 12.8. The topological polar surface area (TPSA) is 43.1 Å². The van der Waals surface area contributed by atoms with Crippen molar-refractivity contribution in [3.8, 4) is 10.4 Å². The number of thiophene rings is 1. The van der Waals surface area contributed by atoms with Gasteiger partial charge in [0.05, 0.1) is 10.5 Å². The lowest BCUT2D eigenvalue weighted by Crippen LogP contribution is -1.89. The molecule has 0 aliphatic rings. The molecule has 2 rings (SSSR count). The Kier molecular flexibility index (Phi) is 2.51. The smallest absolute Gasteiger partial charge is 0.258 e. The predicted molar refractivity (Wildman–Crippen MR) is 61.1 cm³/mol. The lowest BCUT2D eigenvalue weighted by molar-refractivity contribution is -0.384. The van der Waals surface area contributed by atoms with Crippen LogP contribution in [0.2, 0.25) is 0 Å². The molecule has 0 spiro atoms. The van der Waals surface area contributed by atoms with Gasteiger partial charge < -0.3 is 0 Å². The highest BCUT2D eigenvalue weighted by Crippen LogP contribution is 2.33. The summed E-state index contributed by atoms with van der Waals surface area (Å²) in [7, 11) is 0. The molecule has 0 fully saturated rings. The van der Waals surface area contributed by atoms with Gasteiger partial charge >= 0.3 is 0 Å². The molecular weight excluding hydrogens is 210 g/mol. The third kappa shape index (κ3) is 1.89. The van der Waals surface area contributed by atoms with Gasteiger partial charge in [0.15, 0.2) is 0 Å². The summed E-state index contributed by atoms with van der Waals surface area (Å²) in [4.78, 5) is 11.4. The monoisotopic (exact) mass is 219 g/mol. The number of aryl methyl sites for hydroxylation is 1. The molecule has 1 aromatic heterocycles. The standard InChI is InChI=1S/C11H9NO2S/c1-8-6-11(15-7-8)9-4-2-3-5-10(9)12(13)14/h2-7H,1H3. The van der Waals surface area contributed by atoms with Crippen molar-refractivity contribution < 1.29 is 4.92 Å². The molecular formula is C11H9NO2S. The summed E-state index contributed by atoms with van der Waals surface area (Å²) < 4.78 is 0. The number of nitro benzene ring substituents is 1. The predicted octanol–water partition coefficient (Wildman–Crippen LogP) is 3.63. The van der Waals surface area contributed by atoms with Gasteiger partial charge in [-0.2, -0.15) is 0 Å². The minimum atomic E-state index is -0.343. The maximum Gasteiger partial charge on any atom is 0.278 e. The fourth-order valence-electron chi connectivity index (χ4n) is 1.41. The van der Waals surface area contributed by atoms with Gasteiger partial charge in [-0.05, 0) is 30.0 Å². The Morgan fingerprint density at radius 3 is 2.67 bits per heavy atom. The Bertz CT molecular complexity index is 505. The van der Waals surface area contributed by atoms with Gasteiger partial charge in [0.25, 0.3) is 5.69 Å². The fraction of sp³-hybridized carbons (Fsp3) is 0.0909. The van der Waals surface area contributed by atoms with Gasteiger partial charge in [0, 0.05) is 10.9 Å². The van der Waals surface area contributed by atoms with Crippen molar-refractivity contribution in [2.45, 2.75) is 6.92 Å². The molecule has 0 aliphatic carbocycles. The maximum atomic E-state index is 10.8. The van der Waals surface area contributed by atoms with E-state index in [0.717, 1.165) is 10.4 Å². The molecule has 0 atom stereocenters. The Morgan fingerprint density at radius 1 is 1.33 bits per heavy atom. The Labute approximate surface area is 91.1 Å². The average molecular weight is 219 g/mol. The highest BCUT2D eigenvalue weighted by Gasteiger charge is 2.14. The van der Waals surface area contributed by atoms with Crippen LogP contribution in [0.5, 0.6) is 0 Å². The molecule has 0 aliphatic heterocycles. The van der Waals surface area contributed by atoms with Crippen LogP contribution in [0.1, 0.15) is 5.56 Å². The van der Waals surface area contributed by atoms with Crippen molar-refractivity contribution in [3.63, 3.8) is 0 Å². The summed E-state index contributed by atoms with van der Waals surface area (Å²) in [5.41, 5.74) is 1.99. The van der Waals surface area contributed by atoms with Crippen LogP contribution in [0.15, 0.2) is 35.7 Å². The van der Waals surface area contributed by atoms with E-state index in [2.05, 4.69) is 0 Å². The van der Waals surface area contributed by atoms with Crippen LogP contribution < -0.4 is 0 Å². The van der Waals surface area contributed by atoms with Crippen molar-refractivity contribution in [1.29, 1.82) is 0 Å². The van der Waals surface area contributed by atoms with Crippen LogP contribution >= 0.6 is 11.3 Å². The lowest BCUT2D eigenvalue weighted by atomic mass is 10.1. The van der Waals surface area contributed by atoms with E-state index in [1.807, 2.05) is 24.4 Å². The van der Waals surface area contributed by atoms with E-state index in [-0.39, 0.29) is 10.6 Å². The van der Waals surface area contributed by atoms with E-state index in [4.69, 9.17) is 0 Å². The van der Waals surface area contributed by atoms with Crippen LogP contribution in [-0.4, -0.2) is 4.92 Å². The first-order valence-electron chi connectivity index (χ1n) is 4.47. The first kappa shape index (κ1) is 9.86. The number of hydrogen-bond donors (Lipinski definition) is 0. The van der Waals surface area contributed by atoms with Gasteiger partial charge in [-0.15, -0.1) is 11.3 Å². The molecule has 1 aromatic carbocycles. The second kappa shape index (κ2) is 3.82. The first-order valence-corrected chi connectivity index (χ1v) is 5.35. The molecule has 0 saturated carbocycles. The number of nitro groups is 1. The van der Waals surface area contributed by atoms with E-state index in [9.17, 15) is 10.1 Å². The third-order valence-electron chi connectivity index (χ3n) is 2.10. The Hall–Kier alpha value is -1.68. The quantitative estimate of drug-likeness (QED) is 0.571. The summed E-state index contributed by atoms with van der Waals surface area (Å²) in [6.07, 6.45) is 0. The number of para-hydroxylation sites is 1. The van der Waals surface area contributed by atoms with E-state index in [1.165, 1.54) is 17.4 Å². The summed E-state index contributed by atoms with van der Waals surface area (Å²) in [6, 6.07) is 8.78. The first-order chi connectivity index (χ1) is 7.18. The molecule has 3 nitrogen and oxygen atoms in total. The number of rotatable bonds is 2. The average Bonchev–Trinajstić information content (AvgIpc) is 2.65. The van der Waals surface area contributed by atoms with Gasteiger partial charge in [-0.3, -0.25) is 10.1 Å². The zero-order valence-electron chi connectivity index (χ0n) is 8.14. The normalized spacial score (nSPS) is 10.2. The van der Waals surface area contributed by atoms with E-state index in [1.54, 1.807) is 12.1 Å². The molecule has 0 bridgehead atoms. The third-order valence-corrected chi connectivity index (χ3v) is 3.18. The minimum absolute atomic E-state index is 0.166. The molecule has 0 radical (unpaired) electrons. The highest BCUT2D eigenvalue weighted by molar-refractivity contribution is 7.13. The zero-order chi connectivity index (χ0) is 10.8. The van der Waals surface area contributed by atoms with Crippen LogP contribution in [0.3, 0.4) is 0 Å². The van der Waals surface area contributed by atoms with Crippen molar-refractivity contribution in [3.05, 3.63) is 51.4 Å². The van der Waals surface area contributed by atoms with Gasteiger partial charge in [0.1, 0.15) is 0 Å². The van der Waals surface area contributed by atoms with Crippen LogP contribution in [0, 0.1) is 17.0 Å². The second-order valence-corrected chi connectivity index (χ2v) is 4.17. The maximum absolute atomic E-state index is 10.8. The summed E-state index contributed by atoms with van der Waals surface area (Å²) in [6.45, 7) is 1.98. The summed E-state index contributed by atoms with van der Waals surface area (Å²) >= 11 is 1.53. The molecule has 2 aromatic rings. The van der Waals surface area contributed by atoms with Crippen molar-refractivity contribution >= 4 is 17.0 Å². The molecule has 4 heteroatoms. The second-order valence-electron chi connectivity index (χ2n) is 3.26. The molecule has 0 saturated heterocycles. The van der Waals surface area contributed by atoms with Gasteiger partial charge in [-0.1, -0.05) is 12.1 Å².